The minimum absolute atomic E-state index is 0.432. The van der Waals surface area contributed by atoms with E-state index in [1.807, 2.05) is 25.1 Å². The van der Waals surface area contributed by atoms with E-state index in [4.69, 9.17) is 22.1 Å². The zero-order chi connectivity index (χ0) is 15.4. The van der Waals surface area contributed by atoms with E-state index >= 15 is 0 Å². The van der Waals surface area contributed by atoms with Gasteiger partial charge in [-0.3, -0.25) is 4.79 Å². The number of carbonyl (C=O) groups is 1. The predicted molar refractivity (Wildman–Crippen MR) is 85.0 cm³/mol. The topological polar surface area (TPSA) is 64.3 Å². The van der Waals surface area contributed by atoms with Crippen LogP contribution >= 0.6 is 11.6 Å². The summed E-state index contributed by atoms with van der Waals surface area (Å²) in [6, 6.07) is 10.9. The van der Waals surface area contributed by atoms with Gasteiger partial charge >= 0.3 is 0 Å². The van der Waals surface area contributed by atoms with Crippen molar-refractivity contribution in [1.82, 2.24) is 0 Å². The molecular weight excluding hydrogens is 288 g/mol. The van der Waals surface area contributed by atoms with E-state index < -0.39 is 5.91 Å². The van der Waals surface area contributed by atoms with Crippen molar-refractivity contribution in [1.29, 1.82) is 0 Å². The zero-order valence-electron chi connectivity index (χ0n) is 11.9. The second-order valence-electron chi connectivity index (χ2n) is 4.65. The molecule has 2 rings (SSSR count). The first kappa shape index (κ1) is 15.2. The van der Waals surface area contributed by atoms with Gasteiger partial charge in [0.15, 0.2) is 0 Å². The van der Waals surface area contributed by atoms with E-state index in [1.165, 1.54) is 0 Å². The van der Waals surface area contributed by atoms with Crippen LogP contribution in [0.4, 0.5) is 5.69 Å². The Kier molecular flexibility index (Phi) is 4.70. The Morgan fingerprint density at radius 3 is 2.71 bits per heavy atom. The van der Waals surface area contributed by atoms with Crippen LogP contribution in [0.15, 0.2) is 36.4 Å². The van der Waals surface area contributed by atoms with E-state index in [0.717, 1.165) is 22.6 Å². The predicted octanol–water partition coefficient (Wildman–Crippen LogP) is 3.37. The van der Waals surface area contributed by atoms with Crippen molar-refractivity contribution in [2.24, 2.45) is 5.73 Å². The van der Waals surface area contributed by atoms with E-state index in [9.17, 15) is 4.79 Å². The number of rotatable bonds is 5. The average molecular weight is 305 g/mol. The summed E-state index contributed by atoms with van der Waals surface area (Å²) in [6.45, 7) is 2.41. The molecule has 4 nitrogen and oxygen atoms in total. The van der Waals surface area contributed by atoms with Crippen LogP contribution in [0.25, 0.3) is 0 Å². The highest BCUT2D eigenvalue weighted by Crippen LogP contribution is 2.24. The fourth-order valence-electron chi connectivity index (χ4n) is 2.08. The minimum atomic E-state index is -0.432. The summed E-state index contributed by atoms with van der Waals surface area (Å²) in [6.07, 6.45) is 0. The van der Waals surface area contributed by atoms with Gasteiger partial charge in [-0.05, 0) is 42.3 Å². The fourth-order valence-corrected chi connectivity index (χ4v) is 2.32. The number of primary amides is 1. The molecule has 5 heteroatoms. The van der Waals surface area contributed by atoms with Gasteiger partial charge in [-0.1, -0.05) is 23.7 Å². The Labute approximate surface area is 128 Å². The summed E-state index contributed by atoms with van der Waals surface area (Å²) >= 11 is 6.20. The molecule has 0 heterocycles. The molecule has 0 bridgehead atoms. The molecule has 0 radical (unpaired) electrons. The first-order valence-electron chi connectivity index (χ1n) is 6.48. The Morgan fingerprint density at radius 2 is 2.10 bits per heavy atom. The Balaban J connectivity index is 2.17. The molecule has 0 unspecified atom stereocenters. The third-order valence-electron chi connectivity index (χ3n) is 3.33. The SMILES string of the molecule is COc1ccc(CNc2cccc(C(N)=O)c2C)c(Cl)c1. The average Bonchev–Trinajstić information content (AvgIpc) is 2.46. The smallest absolute Gasteiger partial charge is 0.249 e. The van der Waals surface area contributed by atoms with Gasteiger partial charge in [-0.15, -0.1) is 0 Å². The standard InChI is InChI=1S/C16H17ClN2O2/c1-10-13(16(18)20)4-3-5-15(10)19-9-11-6-7-12(21-2)8-14(11)17/h3-8,19H,9H2,1-2H3,(H2,18,20). The van der Waals surface area contributed by atoms with E-state index in [1.54, 1.807) is 25.3 Å². The fraction of sp³-hybridized carbons (Fsp3) is 0.188. The molecule has 0 spiro atoms. The Hall–Kier alpha value is -2.20. The lowest BCUT2D eigenvalue weighted by molar-refractivity contribution is 0.1000. The number of amides is 1. The van der Waals surface area contributed by atoms with Gasteiger partial charge in [0, 0.05) is 22.8 Å². The molecule has 0 aliphatic heterocycles. The van der Waals surface area contributed by atoms with Crippen molar-refractivity contribution in [3.05, 3.63) is 58.1 Å². The Morgan fingerprint density at radius 1 is 1.33 bits per heavy atom. The molecule has 0 aliphatic carbocycles. The summed E-state index contributed by atoms with van der Waals surface area (Å²) in [5, 5.41) is 3.90. The second kappa shape index (κ2) is 6.50. The second-order valence-corrected chi connectivity index (χ2v) is 5.06. The normalized spacial score (nSPS) is 10.2. The molecule has 0 fully saturated rings. The molecule has 0 aromatic heterocycles. The lowest BCUT2D eigenvalue weighted by atomic mass is 10.1. The molecule has 21 heavy (non-hydrogen) atoms. The zero-order valence-corrected chi connectivity index (χ0v) is 12.7. The number of halogens is 1. The highest BCUT2D eigenvalue weighted by molar-refractivity contribution is 6.31. The number of carbonyl (C=O) groups excluding carboxylic acids is 1. The Bertz CT molecular complexity index is 671. The van der Waals surface area contributed by atoms with E-state index in [0.29, 0.717) is 17.1 Å². The molecule has 2 aromatic carbocycles. The van der Waals surface area contributed by atoms with Crippen molar-refractivity contribution in [3.8, 4) is 5.75 Å². The van der Waals surface area contributed by atoms with Crippen LogP contribution in [0.2, 0.25) is 5.02 Å². The maximum absolute atomic E-state index is 11.3. The number of methoxy groups -OCH3 is 1. The van der Waals surface area contributed by atoms with Crippen molar-refractivity contribution >= 4 is 23.2 Å². The molecule has 0 saturated carbocycles. The molecule has 0 atom stereocenters. The maximum atomic E-state index is 11.3. The lowest BCUT2D eigenvalue weighted by Crippen LogP contribution is -2.14. The lowest BCUT2D eigenvalue weighted by Gasteiger charge is -2.13. The van der Waals surface area contributed by atoms with Crippen LogP contribution in [-0.2, 0) is 6.54 Å². The third kappa shape index (κ3) is 3.47. The molecule has 2 aromatic rings. The molecule has 0 aliphatic rings. The number of ether oxygens (including phenoxy) is 1. The summed E-state index contributed by atoms with van der Waals surface area (Å²) in [7, 11) is 1.60. The van der Waals surface area contributed by atoms with Crippen molar-refractivity contribution in [2.45, 2.75) is 13.5 Å². The number of nitrogens with one attached hydrogen (secondary N) is 1. The molecule has 0 saturated heterocycles. The summed E-state index contributed by atoms with van der Waals surface area (Å²) < 4.78 is 5.12. The summed E-state index contributed by atoms with van der Waals surface area (Å²) in [5.74, 6) is 0.286. The number of hydrogen-bond donors (Lipinski definition) is 2. The largest absolute Gasteiger partial charge is 0.497 e. The molecule has 1 amide bonds. The molecule has 110 valence electrons. The van der Waals surface area contributed by atoms with Crippen molar-refractivity contribution < 1.29 is 9.53 Å². The van der Waals surface area contributed by atoms with Crippen LogP contribution in [0.1, 0.15) is 21.5 Å². The number of nitrogens with two attached hydrogens (primary N) is 1. The highest BCUT2D eigenvalue weighted by atomic mass is 35.5. The number of anilines is 1. The first-order valence-corrected chi connectivity index (χ1v) is 6.86. The first-order chi connectivity index (χ1) is 10.0. The van der Waals surface area contributed by atoms with Gasteiger partial charge in [0.05, 0.1) is 7.11 Å². The molecular formula is C16H17ClN2O2. The van der Waals surface area contributed by atoms with Gasteiger partial charge in [-0.25, -0.2) is 0 Å². The van der Waals surface area contributed by atoms with Gasteiger partial charge in [0.2, 0.25) is 5.91 Å². The minimum Gasteiger partial charge on any atom is -0.497 e. The van der Waals surface area contributed by atoms with Crippen LogP contribution in [0.3, 0.4) is 0 Å². The quantitative estimate of drug-likeness (QED) is 0.890. The maximum Gasteiger partial charge on any atom is 0.249 e. The van der Waals surface area contributed by atoms with Crippen molar-refractivity contribution in [2.75, 3.05) is 12.4 Å². The highest BCUT2D eigenvalue weighted by Gasteiger charge is 2.09. The van der Waals surface area contributed by atoms with Crippen LogP contribution < -0.4 is 15.8 Å². The van der Waals surface area contributed by atoms with Gasteiger partial charge in [0.1, 0.15) is 5.75 Å². The van der Waals surface area contributed by atoms with Crippen molar-refractivity contribution in [3.63, 3.8) is 0 Å². The number of benzene rings is 2. The van der Waals surface area contributed by atoms with Crippen LogP contribution in [0, 0.1) is 6.92 Å². The molecule has 3 N–H and O–H groups in total. The van der Waals surface area contributed by atoms with Gasteiger partial charge in [0.25, 0.3) is 0 Å². The van der Waals surface area contributed by atoms with E-state index in [2.05, 4.69) is 5.32 Å². The van der Waals surface area contributed by atoms with E-state index in [-0.39, 0.29) is 0 Å². The van der Waals surface area contributed by atoms with Gasteiger partial charge in [-0.2, -0.15) is 0 Å². The van der Waals surface area contributed by atoms with Crippen LogP contribution in [0.5, 0.6) is 5.75 Å². The van der Waals surface area contributed by atoms with Gasteiger partial charge < -0.3 is 15.8 Å². The summed E-state index contributed by atoms with van der Waals surface area (Å²) in [4.78, 5) is 11.3. The summed E-state index contributed by atoms with van der Waals surface area (Å²) in [5.41, 5.74) is 8.49. The third-order valence-corrected chi connectivity index (χ3v) is 3.68. The monoisotopic (exact) mass is 304 g/mol. The number of hydrogen-bond acceptors (Lipinski definition) is 3. The van der Waals surface area contributed by atoms with Crippen LogP contribution in [-0.4, -0.2) is 13.0 Å².